The first-order valence-corrected chi connectivity index (χ1v) is 3.67. The van der Waals surface area contributed by atoms with Crippen molar-refractivity contribution >= 4 is 23.1 Å². The highest BCUT2D eigenvalue weighted by Gasteiger charge is 2.13. The summed E-state index contributed by atoms with van der Waals surface area (Å²) in [5.74, 6) is -0.187. The van der Waals surface area contributed by atoms with Gasteiger partial charge in [-0.25, -0.2) is 0 Å². The zero-order valence-corrected chi connectivity index (χ0v) is 7.33. The summed E-state index contributed by atoms with van der Waals surface area (Å²) in [5.41, 5.74) is 0. The van der Waals surface area contributed by atoms with Crippen molar-refractivity contribution in [3.63, 3.8) is 0 Å². The van der Waals surface area contributed by atoms with Gasteiger partial charge in [0.1, 0.15) is 5.78 Å². The molecular formula is C7H12O2S. The molecule has 10 heavy (non-hydrogen) atoms. The van der Waals surface area contributed by atoms with Crippen molar-refractivity contribution in [3.05, 3.63) is 0 Å². The first-order chi connectivity index (χ1) is 4.59. The molecule has 0 rings (SSSR count). The van der Waals surface area contributed by atoms with E-state index in [0.29, 0.717) is 11.7 Å². The zero-order valence-electron chi connectivity index (χ0n) is 6.51. The van der Waals surface area contributed by atoms with Crippen LogP contribution in [0, 0.1) is 5.92 Å². The normalized spacial score (nSPS) is 12.3. The summed E-state index contributed by atoms with van der Waals surface area (Å²) in [7, 11) is 0. The fourth-order valence-corrected chi connectivity index (χ4v) is 0.717. The third-order valence-corrected chi connectivity index (χ3v) is 1.72. The second kappa shape index (κ2) is 4.39. The zero-order chi connectivity index (χ0) is 8.15. The molecule has 0 N–H and O–H groups in total. The Labute approximate surface area is 66.6 Å². The van der Waals surface area contributed by atoms with Crippen molar-refractivity contribution in [2.24, 2.45) is 5.92 Å². The maximum Gasteiger partial charge on any atom is 0.169 e. The molecule has 0 aliphatic carbocycles. The van der Waals surface area contributed by atoms with Crippen molar-refractivity contribution in [3.8, 4) is 0 Å². The van der Waals surface area contributed by atoms with Crippen molar-refractivity contribution in [1.29, 1.82) is 0 Å². The summed E-state index contributed by atoms with van der Waals surface area (Å²) in [6.45, 7) is 5.64. The summed E-state index contributed by atoms with van der Waals surface area (Å²) in [6, 6.07) is 0. The van der Waals surface area contributed by atoms with Gasteiger partial charge in [0, 0.05) is 0 Å². The predicted octanol–water partition coefficient (Wildman–Crippen LogP) is 1.58. The molecule has 0 bridgehead atoms. The topological polar surface area (TPSA) is 26.3 Å². The number of rotatable bonds is 3. The third-order valence-electron chi connectivity index (χ3n) is 1.25. The quantitative estimate of drug-likeness (QED) is 0.586. The van der Waals surface area contributed by atoms with Gasteiger partial charge in [0.25, 0.3) is 0 Å². The number of ether oxygens (including phenoxy) is 1. The highest BCUT2D eigenvalue weighted by molar-refractivity contribution is 7.80. The van der Waals surface area contributed by atoms with Gasteiger partial charge in [-0.3, -0.25) is 4.79 Å². The average molecular weight is 160 g/mol. The Hall–Kier alpha value is -0.440. The Bertz CT molecular complexity index is 143. The minimum Gasteiger partial charge on any atom is -0.487 e. The molecule has 0 unspecified atom stereocenters. The lowest BCUT2D eigenvalue weighted by Crippen LogP contribution is -2.19. The Kier molecular flexibility index (Phi) is 4.19. The van der Waals surface area contributed by atoms with Crippen LogP contribution in [0.3, 0.4) is 0 Å². The van der Waals surface area contributed by atoms with Crippen molar-refractivity contribution in [2.75, 3.05) is 6.61 Å². The fraction of sp³-hybridized carbons (Fsp3) is 0.714. The van der Waals surface area contributed by atoms with Gasteiger partial charge in [-0.1, -0.05) is 0 Å². The van der Waals surface area contributed by atoms with E-state index in [0.717, 1.165) is 0 Å². The second-order valence-corrected chi connectivity index (χ2v) is 2.49. The molecule has 3 heteroatoms. The van der Waals surface area contributed by atoms with Crippen LogP contribution < -0.4 is 0 Å². The standard InChI is InChI=1S/C7H12O2S/c1-4-9-7(10)5(2)6(3)8/h5H,4H2,1-3H3/t5-/m1/s1. The smallest absolute Gasteiger partial charge is 0.169 e. The monoisotopic (exact) mass is 160 g/mol. The van der Waals surface area contributed by atoms with Gasteiger partial charge < -0.3 is 4.74 Å². The van der Waals surface area contributed by atoms with Crippen LogP contribution >= 0.6 is 12.2 Å². The van der Waals surface area contributed by atoms with Gasteiger partial charge >= 0.3 is 0 Å². The number of carbonyl (C=O) groups is 1. The molecule has 0 aliphatic heterocycles. The van der Waals surface area contributed by atoms with Crippen LogP contribution in [0.1, 0.15) is 20.8 Å². The number of hydrogen-bond acceptors (Lipinski definition) is 3. The third kappa shape index (κ3) is 2.92. The number of ketones is 1. The van der Waals surface area contributed by atoms with Crippen molar-refractivity contribution < 1.29 is 9.53 Å². The molecule has 0 aromatic rings. The Morgan fingerprint density at radius 3 is 2.50 bits per heavy atom. The van der Waals surface area contributed by atoms with Gasteiger partial charge in [-0.15, -0.1) is 0 Å². The van der Waals surface area contributed by atoms with Gasteiger partial charge in [0.15, 0.2) is 5.05 Å². The van der Waals surface area contributed by atoms with Crippen molar-refractivity contribution in [2.45, 2.75) is 20.8 Å². The van der Waals surface area contributed by atoms with Crippen LogP contribution in [-0.4, -0.2) is 17.4 Å². The molecular weight excluding hydrogens is 148 g/mol. The van der Waals surface area contributed by atoms with E-state index in [1.165, 1.54) is 6.92 Å². The molecule has 0 fully saturated rings. The van der Waals surface area contributed by atoms with Gasteiger partial charge in [-0.2, -0.15) is 0 Å². The molecule has 2 nitrogen and oxygen atoms in total. The molecule has 0 amide bonds. The molecule has 1 atom stereocenters. The Balaban J connectivity index is 3.82. The largest absolute Gasteiger partial charge is 0.487 e. The molecule has 0 aliphatic rings. The summed E-state index contributed by atoms with van der Waals surface area (Å²) >= 11 is 4.81. The number of thiocarbonyl (C=S) groups is 1. The van der Waals surface area contributed by atoms with E-state index < -0.39 is 0 Å². The highest BCUT2D eigenvalue weighted by atomic mass is 32.1. The van der Waals surface area contributed by atoms with E-state index in [2.05, 4.69) is 0 Å². The Morgan fingerprint density at radius 2 is 2.20 bits per heavy atom. The fourth-order valence-electron chi connectivity index (χ4n) is 0.433. The van der Waals surface area contributed by atoms with E-state index in [9.17, 15) is 4.79 Å². The molecule has 58 valence electrons. The minimum atomic E-state index is -0.241. The number of carbonyl (C=O) groups excluding carboxylic acids is 1. The maximum atomic E-state index is 10.7. The van der Waals surface area contributed by atoms with Crippen LogP contribution in [-0.2, 0) is 9.53 Å². The molecule has 0 saturated carbocycles. The van der Waals surface area contributed by atoms with Crippen molar-refractivity contribution in [1.82, 2.24) is 0 Å². The lowest BCUT2D eigenvalue weighted by atomic mass is 10.1. The van der Waals surface area contributed by atoms with Crippen LogP contribution in [0.2, 0.25) is 0 Å². The van der Waals surface area contributed by atoms with Gasteiger partial charge in [0.05, 0.1) is 12.5 Å². The van der Waals surface area contributed by atoms with Crippen LogP contribution in [0.25, 0.3) is 0 Å². The SMILES string of the molecule is CCOC(=S)[C@H](C)C(C)=O. The molecule has 0 saturated heterocycles. The average Bonchev–Trinajstić information content (AvgIpc) is 1.87. The lowest BCUT2D eigenvalue weighted by Gasteiger charge is -2.08. The number of Topliss-reactive ketones (excluding diaryl/α,β-unsaturated/α-hetero) is 1. The maximum absolute atomic E-state index is 10.7. The Morgan fingerprint density at radius 1 is 1.70 bits per heavy atom. The highest BCUT2D eigenvalue weighted by Crippen LogP contribution is 2.01. The van der Waals surface area contributed by atoms with E-state index in [-0.39, 0.29) is 11.7 Å². The summed E-state index contributed by atoms with van der Waals surface area (Å²) in [4.78, 5) is 10.7. The molecule has 0 aromatic heterocycles. The van der Waals surface area contributed by atoms with E-state index in [1.54, 1.807) is 6.92 Å². The molecule has 0 aromatic carbocycles. The molecule has 0 heterocycles. The van der Waals surface area contributed by atoms with E-state index in [4.69, 9.17) is 17.0 Å². The van der Waals surface area contributed by atoms with Crippen LogP contribution in [0.5, 0.6) is 0 Å². The predicted molar refractivity (Wildman–Crippen MR) is 44.1 cm³/mol. The summed E-state index contributed by atoms with van der Waals surface area (Å²) in [6.07, 6.45) is 0. The molecule has 0 spiro atoms. The minimum absolute atomic E-state index is 0.0541. The molecule has 0 radical (unpaired) electrons. The van der Waals surface area contributed by atoms with Crippen LogP contribution in [0.4, 0.5) is 0 Å². The summed E-state index contributed by atoms with van der Waals surface area (Å²) in [5, 5.41) is 0.398. The first-order valence-electron chi connectivity index (χ1n) is 3.26. The number of hydrogen-bond donors (Lipinski definition) is 0. The first kappa shape index (κ1) is 9.56. The van der Waals surface area contributed by atoms with Crippen LogP contribution in [0.15, 0.2) is 0 Å². The van der Waals surface area contributed by atoms with Gasteiger partial charge in [0.2, 0.25) is 0 Å². The van der Waals surface area contributed by atoms with Gasteiger partial charge in [-0.05, 0) is 33.0 Å². The van der Waals surface area contributed by atoms with E-state index >= 15 is 0 Å². The lowest BCUT2D eigenvalue weighted by molar-refractivity contribution is -0.118. The second-order valence-electron chi connectivity index (χ2n) is 2.08. The summed E-state index contributed by atoms with van der Waals surface area (Å²) < 4.78 is 4.98. The van der Waals surface area contributed by atoms with E-state index in [1.807, 2.05) is 6.92 Å².